The predicted molar refractivity (Wildman–Crippen MR) is 114 cm³/mol. The second kappa shape index (κ2) is 8.59. The maximum absolute atomic E-state index is 12.4. The maximum atomic E-state index is 12.4. The fraction of sp³-hybridized carbons (Fsp3) is 0.238. The maximum Gasteiger partial charge on any atom is 0.266 e. The van der Waals surface area contributed by atoms with Gasteiger partial charge in [0.2, 0.25) is 0 Å². The fourth-order valence-corrected chi connectivity index (χ4v) is 4.13. The quantitative estimate of drug-likeness (QED) is 0.515. The summed E-state index contributed by atoms with van der Waals surface area (Å²) in [5.74, 6) is 1.24. The van der Waals surface area contributed by atoms with Crippen molar-refractivity contribution in [2.45, 2.75) is 20.5 Å². The highest BCUT2D eigenvalue weighted by Crippen LogP contribution is 2.34. The molecule has 0 atom stereocenters. The number of methoxy groups -OCH3 is 1. The first-order chi connectivity index (χ1) is 13.0. The molecular formula is C21H21NO3S2. The lowest BCUT2D eigenvalue weighted by molar-refractivity contribution is -0.121. The van der Waals surface area contributed by atoms with E-state index in [1.165, 1.54) is 17.3 Å². The summed E-state index contributed by atoms with van der Waals surface area (Å²) in [5, 5.41) is 0. The SMILES string of the molecule is CCN1C(=O)/C(=C/c2ccc(OCc3ccccc3C)c(OC)c2)SC1=S. The van der Waals surface area contributed by atoms with Crippen LogP contribution in [0.25, 0.3) is 6.08 Å². The molecule has 1 saturated heterocycles. The molecule has 0 aliphatic carbocycles. The lowest BCUT2D eigenvalue weighted by Gasteiger charge is -2.13. The van der Waals surface area contributed by atoms with Crippen LogP contribution in [-0.4, -0.2) is 28.8 Å². The Morgan fingerprint density at radius 3 is 2.63 bits per heavy atom. The van der Waals surface area contributed by atoms with Gasteiger partial charge >= 0.3 is 0 Å². The molecule has 0 radical (unpaired) electrons. The van der Waals surface area contributed by atoms with Crippen LogP contribution in [0.15, 0.2) is 47.4 Å². The zero-order valence-corrected chi connectivity index (χ0v) is 17.2. The van der Waals surface area contributed by atoms with E-state index in [0.717, 1.165) is 11.1 Å². The minimum absolute atomic E-state index is 0.0497. The van der Waals surface area contributed by atoms with Gasteiger partial charge in [-0.15, -0.1) is 0 Å². The molecule has 1 aliphatic rings. The van der Waals surface area contributed by atoms with Gasteiger partial charge in [0.25, 0.3) is 5.91 Å². The topological polar surface area (TPSA) is 38.8 Å². The van der Waals surface area contributed by atoms with Crippen molar-refractivity contribution in [2.75, 3.05) is 13.7 Å². The number of hydrogen-bond donors (Lipinski definition) is 0. The third-order valence-electron chi connectivity index (χ3n) is 4.32. The van der Waals surface area contributed by atoms with E-state index in [1.54, 1.807) is 12.0 Å². The van der Waals surface area contributed by atoms with Crippen LogP contribution in [-0.2, 0) is 11.4 Å². The van der Waals surface area contributed by atoms with Gasteiger partial charge in [0.1, 0.15) is 10.9 Å². The van der Waals surface area contributed by atoms with E-state index in [2.05, 4.69) is 13.0 Å². The summed E-state index contributed by atoms with van der Waals surface area (Å²) < 4.78 is 12.0. The van der Waals surface area contributed by atoms with Crippen LogP contribution in [0.3, 0.4) is 0 Å². The van der Waals surface area contributed by atoms with Crippen LogP contribution in [0.2, 0.25) is 0 Å². The average molecular weight is 400 g/mol. The molecule has 0 N–H and O–H groups in total. The first-order valence-electron chi connectivity index (χ1n) is 8.64. The molecule has 1 aliphatic heterocycles. The first kappa shape index (κ1) is 19.5. The largest absolute Gasteiger partial charge is 0.493 e. The zero-order chi connectivity index (χ0) is 19.4. The van der Waals surface area contributed by atoms with Gasteiger partial charge < -0.3 is 9.47 Å². The second-order valence-electron chi connectivity index (χ2n) is 6.05. The molecule has 2 aromatic carbocycles. The van der Waals surface area contributed by atoms with E-state index in [-0.39, 0.29) is 5.91 Å². The highest BCUT2D eigenvalue weighted by Gasteiger charge is 2.30. The molecule has 1 heterocycles. The minimum atomic E-state index is -0.0497. The van der Waals surface area contributed by atoms with Crippen molar-refractivity contribution in [2.24, 2.45) is 0 Å². The number of rotatable bonds is 6. The zero-order valence-electron chi connectivity index (χ0n) is 15.5. The molecule has 4 nitrogen and oxygen atoms in total. The van der Waals surface area contributed by atoms with Gasteiger partial charge in [-0.3, -0.25) is 9.69 Å². The highest BCUT2D eigenvalue weighted by molar-refractivity contribution is 8.26. The Labute approximate surface area is 169 Å². The average Bonchev–Trinajstić information content (AvgIpc) is 2.94. The number of thioether (sulfide) groups is 1. The van der Waals surface area contributed by atoms with Crippen LogP contribution < -0.4 is 9.47 Å². The fourth-order valence-electron chi connectivity index (χ4n) is 2.74. The standard InChI is InChI=1S/C21H21NO3S2/c1-4-22-20(23)19(27-21(22)26)12-15-9-10-17(18(11-15)24-3)25-13-16-8-6-5-7-14(16)2/h5-12H,4,13H2,1-3H3/b19-12-. The summed E-state index contributed by atoms with van der Waals surface area (Å²) in [6.45, 7) is 5.03. The van der Waals surface area contributed by atoms with Crippen LogP contribution in [0.5, 0.6) is 11.5 Å². The Bertz CT molecular complexity index is 908. The molecule has 6 heteroatoms. The van der Waals surface area contributed by atoms with Crippen molar-refractivity contribution in [3.8, 4) is 11.5 Å². The van der Waals surface area contributed by atoms with Crippen molar-refractivity contribution >= 4 is 40.3 Å². The van der Waals surface area contributed by atoms with E-state index >= 15 is 0 Å². The lowest BCUT2D eigenvalue weighted by atomic mass is 10.1. The number of carbonyl (C=O) groups is 1. The summed E-state index contributed by atoms with van der Waals surface area (Å²) >= 11 is 6.58. The van der Waals surface area contributed by atoms with Crippen LogP contribution in [0, 0.1) is 6.92 Å². The second-order valence-corrected chi connectivity index (χ2v) is 7.73. The number of ether oxygens (including phenoxy) is 2. The minimum Gasteiger partial charge on any atom is -0.493 e. The molecule has 1 fully saturated rings. The Hall–Kier alpha value is -2.31. The van der Waals surface area contributed by atoms with E-state index in [0.29, 0.717) is 33.9 Å². The Morgan fingerprint density at radius 1 is 1.19 bits per heavy atom. The van der Waals surface area contributed by atoms with Crippen LogP contribution >= 0.6 is 24.0 Å². The molecule has 0 bridgehead atoms. The number of carbonyl (C=O) groups excluding carboxylic acids is 1. The first-order valence-corrected chi connectivity index (χ1v) is 9.86. The van der Waals surface area contributed by atoms with Crippen molar-refractivity contribution in [1.29, 1.82) is 0 Å². The number of amides is 1. The number of benzene rings is 2. The lowest BCUT2D eigenvalue weighted by Crippen LogP contribution is -2.27. The molecule has 3 rings (SSSR count). The van der Waals surface area contributed by atoms with Gasteiger partial charge in [-0.2, -0.15) is 0 Å². The Balaban J connectivity index is 1.79. The van der Waals surface area contributed by atoms with Gasteiger partial charge in [0.15, 0.2) is 11.5 Å². The summed E-state index contributed by atoms with van der Waals surface area (Å²) in [7, 11) is 1.61. The van der Waals surface area contributed by atoms with Crippen molar-refractivity contribution in [3.63, 3.8) is 0 Å². The summed E-state index contributed by atoms with van der Waals surface area (Å²) in [4.78, 5) is 14.6. The van der Waals surface area contributed by atoms with Gasteiger partial charge in [0, 0.05) is 6.54 Å². The molecule has 140 valence electrons. The monoisotopic (exact) mass is 399 g/mol. The molecule has 0 aromatic heterocycles. The van der Waals surface area contributed by atoms with E-state index in [1.807, 2.05) is 49.4 Å². The third-order valence-corrected chi connectivity index (χ3v) is 5.70. The van der Waals surface area contributed by atoms with Crippen molar-refractivity contribution in [3.05, 3.63) is 64.1 Å². The Morgan fingerprint density at radius 2 is 1.96 bits per heavy atom. The van der Waals surface area contributed by atoms with Gasteiger partial charge in [-0.1, -0.05) is 54.3 Å². The highest BCUT2D eigenvalue weighted by atomic mass is 32.2. The predicted octanol–water partition coefficient (Wildman–Crippen LogP) is 4.80. The van der Waals surface area contributed by atoms with E-state index < -0.39 is 0 Å². The molecule has 2 aromatic rings. The van der Waals surface area contributed by atoms with Crippen molar-refractivity contribution in [1.82, 2.24) is 4.90 Å². The molecule has 27 heavy (non-hydrogen) atoms. The number of likely N-dealkylation sites (N-methyl/N-ethyl adjacent to an activating group) is 1. The number of thiocarbonyl (C=S) groups is 1. The summed E-state index contributed by atoms with van der Waals surface area (Å²) in [6.07, 6.45) is 1.84. The number of nitrogens with zero attached hydrogens (tertiary/aromatic N) is 1. The number of aryl methyl sites for hydroxylation is 1. The molecule has 0 saturated carbocycles. The molecule has 1 amide bonds. The smallest absolute Gasteiger partial charge is 0.266 e. The third kappa shape index (κ3) is 4.34. The van der Waals surface area contributed by atoms with E-state index in [4.69, 9.17) is 21.7 Å². The molecule has 0 spiro atoms. The van der Waals surface area contributed by atoms with Gasteiger partial charge in [-0.05, 0) is 48.7 Å². The van der Waals surface area contributed by atoms with Crippen molar-refractivity contribution < 1.29 is 14.3 Å². The number of hydrogen-bond acceptors (Lipinski definition) is 5. The van der Waals surface area contributed by atoms with Crippen LogP contribution in [0.4, 0.5) is 0 Å². The normalized spacial score (nSPS) is 15.5. The van der Waals surface area contributed by atoms with Crippen LogP contribution in [0.1, 0.15) is 23.6 Å². The molecule has 0 unspecified atom stereocenters. The summed E-state index contributed by atoms with van der Waals surface area (Å²) in [6, 6.07) is 13.8. The Kier molecular flexibility index (Phi) is 6.19. The molecular weight excluding hydrogens is 378 g/mol. The summed E-state index contributed by atoms with van der Waals surface area (Å²) in [5.41, 5.74) is 3.18. The van der Waals surface area contributed by atoms with E-state index in [9.17, 15) is 4.79 Å². The van der Waals surface area contributed by atoms with Gasteiger partial charge in [-0.25, -0.2) is 0 Å². The van der Waals surface area contributed by atoms with Gasteiger partial charge in [0.05, 0.1) is 12.0 Å².